The van der Waals surface area contributed by atoms with Gasteiger partial charge in [0.15, 0.2) is 7.94 Å². The van der Waals surface area contributed by atoms with Gasteiger partial charge in [0.05, 0.1) is 0 Å². The van der Waals surface area contributed by atoms with Gasteiger partial charge in [-0.2, -0.15) is 0 Å². The highest BCUT2D eigenvalue weighted by molar-refractivity contribution is 7.37. The highest BCUT2D eigenvalue weighted by Gasteiger charge is 1.92. The Balaban J connectivity index is 2.82. The van der Waals surface area contributed by atoms with E-state index in [0.717, 1.165) is 12.8 Å². The van der Waals surface area contributed by atoms with Crippen LogP contribution < -0.4 is 4.89 Å². The summed E-state index contributed by atoms with van der Waals surface area (Å²) in [6.07, 6.45) is 2.20. The van der Waals surface area contributed by atoms with Crippen LogP contribution in [0, 0.1) is 5.16 Å². The highest BCUT2D eigenvalue weighted by Crippen LogP contribution is 2.10. The Hall–Kier alpha value is 0.350. The Morgan fingerprint density at radius 2 is 2.12 bits per heavy atom. The molecule has 1 atom stereocenters. The van der Waals surface area contributed by atoms with E-state index in [4.69, 9.17) is 16.8 Å². The molecule has 0 rings (SSSR count). The quantitative estimate of drug-likeness (QED) is 0.372. The Bertz CT molecular complexity index is 78.4. The van der Waals surface area contributed by atoms with Crippen molar-refractivity contribution in [2.75, 3.05) is 12.0 Å². The van der Waals surface area contributed by atoms with Crippen LogP contribution in [0.1, 0.15) is 12.8 Å². The summed E-state index contributed by atoms with van der Waals surface area (Å²) in [5.74, 6) is 0.614. The molecular formula is C4H9ClNOP. The van der Waals surface area contributed by atoms with Crippen molar-refractivity contribution in [2.24, 2.45) is 0 Å². The number of hydrogen-bond acceptors (Lipinski definition) is 2. The fourth-order valence-corrected chi connectivity index (χ4v) is 1.05. The van der Waals surface area contributed by atoms with Gasteiger partial charge in [0.25, 0.3) is 0 Å². The summed E-state index contributed by atoms with van der Waals surface area (Å²) in [4.78, 5) is 10.1. The minimum absolute atomic E-state index is 0.502. The minimum Gasteiger partial charge on any atom is -0.612 e. The molecule has 48 valence electrons. The molecule has 0 fully saturated rings. The number of nitrogens with one attached hydrogen (secondary N) is 1. The van der Waals surface area contributed by atoms with Crippen molar-refractivity contribution in [1.82, 2.24) is 0 Å². The molecule has 0 spiro atoms. The molecule has 0 amide bonds. The second kappa shape index (κ2) is 5.49. The molecule has 4 heteroatoms. The zero-order chi connectivity index (χ0) is 6.41. The molecule has 0 bridgehead atoms. The summed E-state index contributed by atoms with van der Waals surface area (Å²) >= 11 is 5.33. The average molecular weight is 154 g/mol. The smallest absolute Gasteiger partial charge is 0.159 e. The first kappa shape index (κ1) is 8.35. The number of hydrogen-bond donors (Lipinski definition) is 1. The Morgan fingerprint density at radius 1 is 1.50 bits per heavy atom. The van der Waals surface area contributed by atoms with Gasteiger partial charge in [0, 0.05) is 5.88 Å². The number of unbranched alkanes of at least 4 members (excludes halogenated alkanes) is 1. The predicted octanol–water partition coefficient (Wildman–Crippen LogP) is 1.52. The maximum atomic E-state index is 10.1. The van der Waals surface area contributed by atoms with Gasteiger partial charge in [-0.25, -0.2) is 0 Å². The van der Waals surface area contributed by atoms with Gasteiger partial charge in [0.2, 0.25) is 0 Å². The zero-order valence-electron chi connectivity index (χ0n) is 4.56. The van der Waals surface area contributed by atoms with Crippen LogP contribution in [0.4, 0.5) is 0 Å². The van der Waals surface area contributed by atoms with E-state index in [9.17, 15) is 4.89 Å². The molecule has 0 aliphatic heterocycles. The van der Waals surface area contributed by atoms with Crippen LogP contribution in [0.15, 0.2) is 0 Å². The zero-order valence-corrected chi connectivity index (χ0v) is 6.21. The van der Waals surface area contributed by atoms with E-state index in [1.54, 1.807) is 0 Å². The summed E-state index contributed by atoms with van der Waals surface area (Å²) in [5.41, 5.74) is 0. The molecule has 8 heavy (non-hydrogen) atoms. The molecule has 0 aliphatic carbocycles. The standard InChI is InChI=1S/C4H9ClNOP/c5-3-1-2-4-8(6)7/h6H,1-4H2. The van der Waals surface area contributed by atoms with Crippen LogP contribution in [-0.2, 0) is 0 Å². The fraction of sp³-hybridized carbons (Fsp3) is 1.00. The van der Waals surface area contributed by atoms with E-state index < -0.39 is 7.94 Å². The van der Waals surface area contributed by atoms with Crippen molar-refractivity contribution in [3.05, 3.63) is 0 Å². The van der Waals surface area contributed by atoms with Gasteiger partial charge >= 0.3 is 0 Å². The molecule has 0 saturated heterocycles. The summed E-state index contributed by atoms with van der Waals surface area (Å²) < 4.78 is 0. The van der Waals surface area contributed by atoms with Crippen LogP contribution in [0.2, 0.25) is 0 Å². The summed E-state index contributed by atoms with van der Waals surface area (Å²) in [7, 11) is -1.67. The predicted molar refractivity (Wildman–Crippen MR) is 34.5 cm³/mol. The normalized spacial score (nSPS) is 11.5. The van der Waals surface area contributed by atoms with Crippen molar-refractivity contribution in [3.8, 4) is 0 Å². The fourth-order valence-electron chi connectivity index (χ4n) is 0.350. The largest absolute Gasteiger partial charge is 0.612 e. The van der Waals surface area contributed by atoms with Gasteiger partial charge in [-0.1, -0.05) is 0 Å². The van der Waals surface area contributed by atoms with Crippen molar-refractivity contribution in [1.29, 1.82) is 5.16 Å². The minimum atomic E-state index is -1.67. The molecule has 2 nitrogen and oxygen atoms in total. The average Bonchev–Trinajstić information content (AvgIpc) is 1.66. The third-order valence-electron chi connectivity index (χ3n) is 0.745. The van der Waals surface area contributed by atoms with E-state index in [-0.39, 0.29) is 0 Å². The van der Waals surface area contributed by atoms with E-state index >= 15 is 0 Å². The van der Waals surface area contributed by atoms with Gasteiger partial charge in [0.1, 0.15) is 6.16 Å². The molecule has 0 saturated carbocycles. The molecule has 1 unspecified atom stereocenters. The van der Waals surface area contributed by atoms with E-state index in [1.165, 1.54) is 0 Å². The molecule has 0 radical (unpaired) electrons. The second-order valence-corrected chi connectivity index (χ2v) is 3.08. The van der Waals surface area contributed by atoms with Gasteiger partial charge in [-0.05, 0) is 12.8 Å². The molecule has 0 aromatic carbocycles. The first-order valence-corrected chi connectivity index (χ1v) is 4.47. The van der Waals surface area contributed by atoms with Crippen LogP contribution in [0.3, 0.4) is 0 Å². The maximum Gasteiger partial charge on any atom is 0.159 e. The van der Waals surface area contributed by atoms with E-state index in [0.29, 0.717) is 12.0 Å². The third kappa shape index (κ3) is 6.35. The lowest BCUT2D eigenvalue weighted by Gasteiger charge is -1.89. The van der Waals surface area contributed by atoms with Crippen LogP contribution in [-0.4, -0.2) is 12.0 Å². The van der Waals surface area contributed by atoms with Crippen LogP contribution in [0.25, 0.3) is 0 Å². The second-order valence-electron chi connectivity index (χ2n) is 1.50. The lowest BCUT2D eigenvalue weighted by molar-refractivity contribution is -0.156. The molecule has 0 aliphatic rings. The summed E-state index contributed by atoms with van der Waals surface area (Å²) in [5, 5.41) is 6.62. The van der Waals surface area contributed by atoms with Crippen LogP contribution >= 0.6 is 19.5 Å². The Labute approximate surface area is 55.2 Å². The van der Waals surface area contributed by atoms with Crippen molar-refractivity contribution >= 4 is 19.5 Å². The SMILES string of the molecule is N=[P+]([O-])CCCCCl. The van der Waals surface area contributed by atoms with Gasteiger partial charge in [-0.3, -0.25) is 0 Å². The lowest BCUT2D eigenvalue weighted by Crippen LogP contribution is -1.90. The van der Waals surface area contributed by atoms with E-state index in [2.05, 4.69) is 0 Å². The van der Waals surface area contributed by atoms with E-state index in [1.807, 2.05) is 0 Å². The lowest BCUT2D eigenvalue weighted by atomic mass is 10.4. The third-order valence-corrected chi connectivity index (χ3v) is 1.73. The summed E-state index contributed by atoms with van der Waals surface area (Å²) in [6.45, 7) is 0. The first-order valence-electron chi connectivity index (χ1n) is 2.49. The monoisotopic (exact) mass is 153 g/mol. The van der Waals surface area contributed by atoms with Crippen molar-refractivity contribution in [3.63, 3.8) is 0 Å². The molecule has 1 N–H and O–H groups in total. The number of halogens is 1. The van der Waals surface area contributed by atoms with Crippen LogP contribution in [0.5, 0.6) is 0 Å². The molecule has 0 aromatic rings. The van der Waals surface area contributed by atoms with Gasteiger partial charge < -0.3 is 4.89 Å². The molecule has 0 aromatic heterocycles. The highest BCUT2D eigenvalue weighted by atomic mass is 35.5. The maximum absolute atomic E-state index is 10.1. The van der Waals surface area contributed by atoms with Crippen molar-refractivity contribution in [2.45, 2.75) is 12.8 Å². The summed E-state index contributed by atoms with van der Waals surface area (Å²) in [6, 6.07) is 0. The molecule has 0 heterocycles. The van der Waals surface area contributed by atoms with Crippen molar-refractivity contribution < 1.29 is 4.89 Å². The number of alkyl halides is 1. The van der Waals surface area contributed by atoms with Gasteiger partial charge in [-0.15, -0.1) is 16.8 Å². The Morgan fingerprint density at radius 3 is 2.50 bits per heavy atom. The molecular weight excluding hydrogens is 144 g/mol. The Kier molecular flexibility index (Phi) is 5.73. The first-order chi connectivity index (χ1) is 3.77. The number of rotatable bonds is 4. The topological polar surface area (TPSA) is 46.9 Å².